The van der Waals surface area contributed by atoms with Crippen molar-refractivity contribution in [3.8, 4) is 0 Å². The molecule has 0 unspecified atom stereocenters. The summed E-state index contributed by atoms with van der Waals surface area (Å²) in [5.41, 5.74) is 1.03. The van der Waals surface area contributed by atoms with Crippen LogP contribution in [-0.4, -0.2) is 36.3 Å². The number of halogens is 2. The van der Waals surface area contributed by atoms with Gasteiger partial charge in [0.1, 0.15) is 5.82 Å². The van der Waals surface area contributed by atoms with Crippen molar-refractivity contribution in [3.05, 3.63) is 57.6 Å². The first-order valence-electron chi connectivity index (χ1n) is 9.93. The molecule has 1 aliphatic rings. The van der Waals surface area contributed by atoms with Crippen LogP contribution >= 0.6 is 27.3 Å². The molecule has 0 aliphatic carbocycles. The highest BCUT2D eigenvalue weighted by molar-refractivity contribution is 9.10. The number of amides is 1. The standard InChI is InChI=1S/C21H21BrFN3O3S2/c1-2-26-18-8-3-15(22)13-19(18)30-21(26)24-20(27)14-9-11-25(12-10-14)31(28,29)17-6-4-16(23)5-7-17/h3-8,13-14H,2,9-12H2,1H3. The molecule has 1 fully saturated rings. The van der Waals surface area contributed by atoms with Crippen LogP contribution in [-0.2, 0) is 21.4 Å². The summed E-state index contributed by atoms with van der Waals surface area (Å²) in [6.45, 7) is 3.18. The predicted octanol–water partition coefficient (Wildman–Crippen LogP) is 4.15. The first kappa shape index (κ1) is 22.3. The maximum atomic E-state index is 13.1. The number of nitrogens with zero attached hydrogens (tertiary/aromatic N) is 3. The molecule has 3 aromatic rings. The van der Waals surface area contributed by atoms with E-state index in [1.54, 1.807) is 0 Å². The number of fused-ring (bicyclic) bond motifs is 1. The van der Waals surface area contributed by atoms with Gasteiger partial charge in [0.05, 0.1) is 15.1 Å². The number of thiazole rings is 1. The van der Waals surface area contributed by atoms with Gasteiger partial charge in [-0.25, -0.2) is 12.8 Å². The molecule has 4 rings (SSSR count). The maximum absolute atomic E-state index is 13.1. The van der Waals surface area contributed by atoms with Gasteiger partial charge in [-0.15, -0.1) is 0 Å². The van der Waals surface area contributed by atoms with Gasteiger partial charge >= 0.3 is 0 Å². The van der Waals surface area contributed by atoms with E-state index in [2.05, 4.69) is 20.9 Å². The van der Waals surface area contributed by atoms with Crippen molar-refractivity contribution in [2.75, 3.05) is 13.1 Å². The van der Waals surface area contributed by atoms with Crippen LogP contribution in [0.3, 0.4) is 0 Å². The van der Waals surface area contributed by atoms with Crippen LogP contribution in [0.1, 0.15) is 19.8 Å². The summed E-state index contributed by atoms with van der Waals surface area (Å²) in [4.78, 5) is 18.0. The number of aromatic nitrogens is 1. The molecule has 1 aromatic heterocycles. The van der Waals surface area contributed by atoms with Gasteiger partial charge in [-0.05, 0) is 62.2 Å². The second-order valence-corrected chi connectivity index (χ2v) is 11.2. The summed E-state index contributed by atoms with van der Waals surface area (Å²) in [5, 5.41) is 0. The molecule has 0 atom stereocenters. The van der Waals surface area contributed by atoms with Crippen LogP contribution in [0.15, 0.2) is 56.8 Å². The topological polar surface area (TPSA) is 71.7 Å². The second-order valence-electron chi connectivity index (χ2n) is 7.32. The maximum Gasteiger partial charge on any atom is 0.251 e. The zero-order valence-electron chi connectivity index (χ0n) is 16.8. The smallest absolute Gasteiger partial charge is 0.251 e. The Morgan fingerprint density at radius 2 is 1.87 bits per heavy atom. The zero-order valence-corrected chi connectivity index (χ0v) is 20.0. The normalized spacial score (nSPS) is 16.8. The Bertz CT molecular complexity index is 1290. The van der Waals surface area contributed by atoms with Gasteiger partial charge in [0.15, 0.2) is 4.80 Å². The van der Waals surface area contributed by atoms with Crippen LogP contribution in [0.25, 0.3) is 10.2 Å². The van der Waals surface area contributed by atoms with E-state index in [1.807, 2.05) is 29.7 Å². The second kappa shape index (κ2) is 8.93. The summed E-state index contributed by atoms with van der Waals surface area (Å²) in [5.74, 6) is -1.02. The van der Waals surface area contributed by atoms with E-state index < -0.39 is 15.8 Å². The molecule has 10 heteroatoms. The molecule has 6 nitrogen and oxygen atoms in total. The number of sulfonamides is 1. The van der Waals surface area contributed by atoms with Gasteiger partial charge < -0.3 is 4.57 Å². The van der Waals surface area contributed by atoms with Gasteiger partial charge in [-0.1, -0.05) is 27.3 Å². The third-order valence-electron chi connectivity index (χ3n) is 5.42. The van der Waals surface area contributed by atoms with Gasteiger partial charge in [0.2, 0.25) is 10.0 Å². The van der Waals surface area contributed by atoms with Gasteiger partial charge in [-0.3, -0.25) is 4.79 Å². The summed E-state index contributed by atoms with van der Waals surface area (Å²) in [6, 6.07) is 10.8. The number of aryl methyl sites for hydroxylation is 1. The lowest BCUT2D eigenvalue weighted by Gasteiger charge is -2.29. The number of carbonyl (C=O) groups excluding carboxylic acids is 1. The van der Waals surface area contributed by atoms with E-state index in [9.17, 15) is 17.6 Å². The monoisotopic (exact) mass is 525 g/mol. The Labute approximate surface area is 192 Å². The molecule has 0 radical (unpaired) electrons. The lowest BCUT2D eigenvalue weighted by molar-refractivity contribution is -0.122. The van der Waals surface area contributed by atoms with E-state index in [1.165, 1.54) is 27.8 Å². The van der Waals surface area contributed by atoms with Crippen molar-refractivity contribution in [1.82, 2.24) is 8.87 Å². The number of carbonyl (C=O) groups is 1. The molecular formula is C21H21BrFN3O3S2. The molecule has 2 aromatic carbocycles. The molecule has 0 spiro atoms. The van der Waals surface area contributed by atoms with Crippen LogP contribution in [0.2, 0.25) is 0 Å². The van der Waals surface area contributed by atoms with Crippen LogP contribution in [0.4, 0.5) is 4.39 Å². The molecule has 0 N–H and O–H groups in total. The van der Waals surface area contributed by atoms with E-state index in [0.29, 0.717) is 24.2 Å². The molecule has 1 aliphatic heterocycles. The molecule has 2 heterocycles. The minimum absolute atomic E-state index is 0.0591. The number of piperidine rings is 1. The van der Waals surface area contributed by atoms with Crippen molar-refractivity contribution in [3.63, 3.8) is 0 Å². The van der Waals surface area contributed by atoms with Crippen molar-refractivity contribution in [2.24, 2.45) is 10.9 Å². The Morgan fingerprint density at radius 1 is 1.19 bits per heavy atom. The Hall–Kier alpha value is -1.88. The first-order chi connectivity index (χ1) is 14.8. The van der Waals surface area contributed by atoms with Crippen molar-refractivity contribution >= 4 is 53.4 Å². The first-order valence-corrected chi connectivity index (χ1v) is 13.0. The highest BCUT2D eigenvalue weighted by atomic mass is 79.9. The fourth-order valence-corrected chi connectivity index (χ4v) is 6.84. The Balaban J connectivity index is 1.51. The Morgan fingerprint density at radius 3 is 2.52 bits per heavy atom. The van der Waals surface area contributed by atoms with Crippen LogP contribution in [0, 0.1) is 11.7 Å². The fraction of sp³-hybridized carbons (Fsp3) is 0.333. The average molecular weight is 526 g/mol. The molecular weight excluding hydrogens is 505 g/mol. The van der Waals surface area contributed by atoms with Crippen molar-refractivity contribution < 1.29 is 17.6 Å². The van der Waals surface area contributed by atoms with Crippen molar-refractivity contribution in [1.29, 1.82) is 0 Å². The highest BCUT2D eigenvalue weighted by Crippen LogP contribution is 2.26. The summed E-state index contributed by atoms with van der Waals surface area (Å²) >= 11 is 4.94. The number of hydrogen-bond donors (Lipinski definition) is 0. The summed E-state index contributed by atoms with van der Waals surface area (Å²) in [6.07, 6.45) is 0.816. The van der Waals surface area contributed by atoms with Crippen LogP contribution in [0.5, 0.6) is 0 Å². The molecule has 1 amide bonds. The van der Waals surface area contributed by atoms with Gasteiger partial charge in [-0.2, -0.15) is 9.30 Å². The molecule has 0 saturated carbocycles. The third kappa shape index (κ3) is 4.52. The highest BCUT2D eigenvalue weighted by Gasteiger charge is 2.32. The molecule has 164 valence electrons. The zero-order chi connectivity index (χ0) is 22.2. The summed E-state index contributed by atoms with van der Waals surface area (Å²) < 4.78 is 44.0. The SMILES string of the molecule is CCn1c(=NC(=O)C2CCN(S(=O)(=O)c3ccc(F)cc3)CC2)sc2cc(Br)ccc21. The number of benzene rings is 2. The van der Waals surface area contributed by atoms with E-state index in [0.717, 1.165) is 26.8 Å². The molecule has 0 bridgehead atoms. The fourth-order valence-electron chi connectivity index (χ4n) is 3.72. The summed E-state index contributed by atoms with van der Waals surface area (Å²) in [7, 11) is -3.70. The van der Waals surface area contributed by atoms with E-state index >= 15 is 0 Å². The quantitative estimate of drug-likeness (QED) is 0.513. The predicted molar refractivity (Wildman–Crippen MR) is 122 cm³/mol. The molecule has 31 heavy (non-hydrogen) atoms. The van der Waals surface area contributed by atoms with E-state index in [4.69, 9.17) is 0 Å². The lowest BCUT2D eigenvalue weighted by Crippen LogP contribution is -2.40. The average Bonchev–Trinajstić information content (AvgIpc) is 3.09. The van der Waals surface area contributed by atoms with Crippen LogP contribution < -0.4 is 4.80 Å². The van der Waals surface area contributed by atoms with E-state index in [-0.39, 0.29) is 29.8 Å². The van der Waals surface area contributed by atoms with Gasteiger partial charge in [0, 0.05) is 30.0 Å². The largest absolute Gasteiger partial charge is 0.317 e. The third-order valence-corrected chi connectivity index (χ3v) is 8.87. The number of hydrogen-bond acceptors (Lipinski definition) is 4. The van der Waals surface area contributed by atoms with Gasteiger partial charge in [0.25, 0.3) is 5.91 Å². The Kier molecular flexibility index (Phi) is 6.43. The van der Waals surface area contributed by atoms with Crippen molar-refractivity contribution in [2.45, 2.75) is 31.2 Å². The lowest BCUT2D eigenvalue weighted by atomic mass is 9.98. The minimum atomic E-state index is -3.70. The minimum Gasteiger partial charge on any atom is -0.317 e. The number of rotatable bonds is 4. The molecule has 1 saturated heterocycles.